The molecule has 0 spiro atoms. The zero-order chi connectivity index (χ0) is 29.8. The van der Waals surface area contributed by atoms with E-state index in [-0.39, 0.29) is 0 Å². The van der Waals surface area contributed by atoms with Crippen LogP contribution in [0, 0.1) is 0 Å². The van der Waals surface area contributed by atoms with Crippen molar-refractivity contribution in [3.8, 4) is 11.3 Å². The Morgan fingerprint density at radius 3 is 1.61 bits per heavy atom. The van der Waals surface area contributed by atoms with Crippen LogP contribution in [0.2, 0.25) is 0 Å². The van der Waals surface area contributed by atoms with Crippen LogP contribution in [0.25, 0.3) is 32.8 Å². The molecule has 0 amide bonds. The lowest BCUT2D eigenvalue weighted by Crippen LogP contribution is -2.31. The maximum Gasteiger partial charge on any atom is 0.113 e. The maximum atomic E-state index is 5.84. The van der Waals surface area contributed by atoms with Gasteiger partial charge in [-0.15, -0.1) is 5.10 Å². The Morgan fingerprint density at radius 1 is 0.568 bits per heavy atom. The molecular formula is C35H40N4O5. The molecule has 4 aromatic carbocycles. The number of anilines is 1. The molecule has 0 bridgehead atoms. The standard InChI is InChI=1S/C35H40N4O5/c1-3-7-32-29(5-1)25-30-6-2-4-8-33(30)34(32)26-39-27-35(36-37-39)28-9-11-31(12-10-28)38-13-15-40-17-19-42-21-23-44-24-22-43-20-18-41-16-14-38/h1-12,25,27H,13-24,26H2. The minimum absolute atomic E-state index is 0.551. The van der Waals surface area contributed by atoms with Crippen LogP contribution >= 0.6 is 0 Å². The van der Waals surface area contributed by atoms with Crippen LogP contribution in [0.3, 0.4) is 0 Å². The first-order valence-electron chi connectivity index (χ1n) is 15.4. The molecule has 230 valence electrons. The largest absolute Gasteiger partial charge is 0.377 e. The van der Waals surface area contributed by atoms with Crippen LogP contribution in [-0.2, 0) is 30.2 Å². The van der Waals surface area contributed by atoms with Crippen molar-refractivity contribution in [2.24, 2.45) is 0 Å². The van der Waals surface area contributed by atoms with Gasteiger partial charge in [0.05, 0.1) is 78.8 Å². The second kappa shape index (κ2) is 15.7. The second-order valence-corrected chi connectivity index (χ2v) is 10.7. The van der Waals surface area contributed by atoms with Gasteiger partial charge in [0.2, 0.25) is 0 Å². The number of rotatable bonds is 4. The Bertz CT molecular complexity index is 1530. The first kappa shape index (κ1) is 30.2. The highest BCUT2D eigenvalue weighted by Crippen LogP contribution is 2.29. The summed E-state index contributed by atoms with van der Waals surface area (Å²) in [6.07, 6.45) is 2.03. The summed E-state index contributed by atoms with van der Waals surface area (Å²) in [5.41, 5.74) is 4.23. The van der Waals surface area contributed by atoms with Crippen LogP contribution in [0.1, 0.15) is 5.56 Å². The van der Waals surface area contributed by atoms with Gasteiger partial charge in [-0.05, 0) is 45.3 Å². The summed E-state index contributed by atoms with van der Waals surface area (Å²) in [6.45, 7) is 7.76. The molecule has 0 atom stereocenters. The van der Waals surface area contributed by atoms with Crippen LogP contribution < -0.4 is 4.90 Å². The highest BCUT2D eigenvalue weighted by atomic mass is 16.6. The van der Waals surface area contributed by atoms with Gasteiger partial charge in [0.25, 0.3) is 0 Å². The van der Waals surface area contributed by atoms with Gasteiger partial charge >= 0.3 is 0 Å². The van der Waals surface area contributed by atoms with Gasteiger partial charge in [0.1, 0.15) is 5.69 Å². The van der Waals surface area contributed by atoms with E-state index in [0.717, 1.165) is 30.0 Å². The van der Waals surface area contributed by atoms with Crippen molar-refractivity contribution in [2.45, 2.75) is 6.54 Å². The van der Waals surface area contributed by atoms with Gasteiger partial charge in [0, 0.05) is 24.3 Å². The topological polar surface area (TPSA) is 80.1 Å². The molecule has 44 heavy (non-hydrogen) atoms. The molecule has 0 saturated carbocycles. The third-order valence-corrected chi connectivity index (χ3v) is 7.77. The zero-order valence-corrected chi connectivity index (χ0v) is 25.1. The first-order chi connectivity index (χ1) is 21.8. The van der Waals surface area contributed by atoms with Gasteiger partial charge in [-0.3, -0.25) is 0 Å². The van der Waals surface area contributed by atoms with Crippen molar-refractivity contribution in [1.82, 2.24) is 15.0 Å². The van der Waals surface area contributed by atoms with Crippen molar-refractivity contribution in [3.05, 3.63) is 90.6 Å². The molecule has 0 aliphatic carbocycles. The van der Waals surface area contributed by atoms with Crippen molar-refractivity contribution >= 4 is 27.2 Å². The summed E-state index contributed by atoms with van der Waals surface area (Å²) in [7, 11) is 0. The number of aromatic nitrogens is 3. The number of ether oxygens (including phenoxy) is 5. The van der Waals surface area contributed by atoms with E-state index >= 15 is 0 Å². The van der Waals surface area contributed by atoms with Crippen LogP contribution in [0.15, 0.2) is 85.1 Å². The van der Waals surface area contributed by atoms with Crippen LogP contribution in [0.4, 0.5) is 5.69 Å². The number of hydrogen-bond acceptors (Lipinski definition) is 8. The highest BCUT2D eigenvalue weighted by molar-refractivity contribution is 6.02. The highest BCUT2D eigenvalue weighted by Gasteiger charge is 2.12. The minimum atomic E-state index is 0.551. The summed E-state index contributed by atoms with van der Waals surface area (Å²) < 4.78 is 30.3. The van der Waals surface area contributed by atoms with Gasteiger partial charge in [-0.25, -0.2) is 4.68 Å². The Morgan fingerprint density at radius 2 is 1.07 bits per heavy atom. The fourth-order valence-electron chi connectivity index (χ4n) is 5.49. The molecule has 1 aliphatic heterocycles. The molecule has 0 radical (unpaired) electrons. The molecule has 6 rings (SSSR count). The van der Waals surface area contributed by atoms with Crippen LogP contribution in [0.5, 0.6) is 0 Å². The lowest BCUT2D eigenvalue weighted by Gasteiger charge is -2.25. The normalized spacial score (nSPS) is 17.0. The molecule has 2 heterocycles. The minimum Gasteiger partial charge on any atom is -0.377 e. The number of hydrogen-bond donors (Lipinski definition) is 0. The SMILES string of the molecule is c1ccc2c(Cn3cc(-c4ccc(N5CCOCCOCCOCCOCCOCC5)cc4)nn3)c3ccccc3cc2c1. The van der Waals surface area contributed by atoms with Crippen molar-refractivity contribution < 1.29 is 23.7 Å². The summed E-state index contributed by atoms with van der Waals surface area (Å²) >= 11 is 0. The molecule has 1 saturated heterocycles. The molecule has 9 heteroatoms. The summed E-state index contributed by atoms with van der Waals surface area (Å²) in [5.74, 6) is 0. The average Bonchev–Trinajstić information content (AvgIpc) is 3.53. The monoisotopic (exact) mass is 596 g/mol. The van der Waals surface area contributed by atoms with E-state index in [4.69, 9.17) is 23.7 Å². The van der Waals surface area contributed by atoms with E-state index in [0.29, 0.717) is 72.6 Å². The average molecular weight is 597 g/mol. The lowest BCUT2D eigenvalue weighted by atomic mass is 9.97. The Hall–Kier alpha value is -3.86. The van der Waals surface area contributed by atoms with E-state index < -0.39 is 0 Å². The number of nitrogens with zero attached hydrogens (tertiary/aromatic N) is 4. The van der Waals surface area contributed by atoms with E-state index in [1.165, 1.54) is 27.1 Å². The summed E-state index contributed by atoms with van der Waals surface area (Å²) in [4.78, 5) is 2.28. The van der Waals surface area contributed by atoms with Gasteiger partial charge in [-0.2, -0.15) is 0 Å². The first-order valence-corrected chi connectivity index (χ1v) is 15.4. The third-order valence-electron chi connectivity index (χ3n) is 7.77. The lowest BCUT2D eigenvalue weighted by molar-refractivity contribution is -0.0116. The van der Waals surface area contributed by atoms with Gasteiger partial charge in [0.15, 0.2) is 0 Å². The van der Waals surface area contributed by atoms with Crippen LogP contribution in [-0.4, -0.2) is 94.2 Å². The molecule has 1 aliphatic rings. The molecule has 0 unspecified atom stereocenters. The van der Waals surface area contributed by atoms with Gasteiger partial charge < -0.3 is 28.6 Å². The smallest absolute Gasteiger partial charge is 0.113 e. The van der Waals surface area contributed by atoms with Gasteiger partial charge in [-0.1, -0.05) is 65.9 Å². The molecule has 9 nitrogen and oxygen atoms in total. The third kappa shape index (κ3) is 7.99. The molecule has 1 fully saturated rings. The Labute approximate surface area is 258 Å². The summed E-state index contributed by atoms with van der Waals surface area (Å²) in [6, 6.07) is 27.8. The fourth-order valence-corrected chi connectivity index (χ4v) is 5.49. The van der Waals surface area contributed by atoms with E-state index in [2.05, 4.69) is 94.1 Å². The second-order valence-electron chi connectivity index (χ2n) is 10.7. The molecule has 1 aromatic heterocycles. The van der Waals surface area contributed by atoms with E-state index in [1.54, 1.807) is 0 Å². The predicted molar refractivity (Wildman–Crippen MR) is 172 cm³/mol. The van der Waals surface area contributed by atoms with E-state index in [9.17, 15) is 0 Å². The molecule has 0 N–H and O–H groups in total. The summed E-state index contributed by atoms with van der Waals surface area (Å²) in [5, 5.41) is 14.0. The molecular weight excluding hydrogens is 556 g/mol. The quantitative estimate of drug-likeness (QED) is 0.262. The Kier molecular flexibility index (Phi) is 10.8. The zero-order valence-electron chi connectivity index (χ0n) is 25.1. The predicted octanol–water partition coefficient (Wildman–Crippen LogP) is 5.20. The van der Waals surface area contributed by atoms with Crippen molar-refractivity contribution in [1.29, 1.82) is 0 Å². The maximum absolute atomic E-state index is 5.84. The number of fused-ring (bicyclic) bond motifs is 2. The Balaban J connectivity index is 1.12. The molecule has 5 aromatic rings. The van der Waals surface area contributed by atoms with Crippen molar-refractivity contribution in [3.63, 3.8) is 0 Å². The van der Waals surface area contributed by atoms with Crippen molar-refractivity contribution in [2.75, 3.05) is 84.1 Å². The fraction of sp³-hybridized carbons (Fsp3) is 0.371. The number of benzene rings is 4. The van der Waals surface area contributed by atoms with E-state index in [1.807, 2.05) is 10.9 Å².